The number of imide groups is 1. The lowest BCUT2D eigenvalue weighted by molar-refractivity contribution is -0.384. The van der Waals surface area contributed by atoms with Gasteiger partial charge >= 0.3 is 0 Å². The highest BCUT2D eigenvalue weighted by Gasteiger charge is 2.39. The Labute approximate surface area is 150 Å². The van der Waals surface area contributed by atoms with Crippen LogP contribution in [0.3, 0.4) is 0 Å². The van der Waals surface area contributed by atoms with Crippen LogP contribution >= 0.6 is 0 Å². The van der Waals surface area contributed by atoms with Crippen molar-refractivity contribution in [3.63, 3.8) is 0 Å². The molecule has 26 heavy (non-hydrogen) atoms. The first-order valence-electron chi connectivity index (χ1n) is 8.70. The molecule has 0 unspecified atom stereocenters. The third-order valence-corrected chi connectivity index (χ3v) is 5.38. The minimum absolute atomic E-state index is 0.0221. The summed E-state index contributed by atoms with van der Waals surface area (Å²) < 4.78 is 0. The summed E-state index contributed by atoms with van der Waals surface area (Å²) in [6.07, 6.45) is 3.94. The molecule has 3 rings (SSSR count). The third-order valence-electron chi connectivity index (χ3n) is 5.38. The van der Waals surface area contributed by atoms with Gasteiger partial charge in [0.25, 0.3) is 17.5 Å². The van der Waals surface area contributed by atoms with Gasteiger partial charge in [-0.3, -0.25) is 29.4 Å². The summed E-state index contributed by atoms with van der Waals surface area (Å²) in [6, 6.07) is 3.66. The minimum atomic E-state index is -0.660. The van der Waals surface area contributed by atoms with E-state index in [9.17, 15) is 24.5 Å². The van der Waals surface area contributed by atoms with E-state index in [4.69, 9.17) is 0 Å². The minimum Gasteiger partial charge on any atom is -0.341 e. The number of amides is 3. The van der Waals surface area contributed by atoms with Gasteiger partial charge in [-0.2, -0.15) is 0 Å². The van der Waals surface area contributed by atoms with Gasteiger partial charge in [-0.05, 0) is 37.7 Å². The van der Waals surface area contributed by atoms with Crippen LogP contribution in [0.2, 0.25) is 0 Å². The molecule has 1 fully saturated rings. The molecule has 1 saturated carbocycles. The van der Waals surface area contributed by atoms with Crippen molar-refractivity contribution in [2.45, 2.75) is 38.6 Å². The lowest BCUT2D eigenvalue weighted by Crippen LogP contribution is -2.46. The molecular weight excluding hydrogens is 338 g/mol. The number of nitrogens with zero attached hydrogens (tertiary/aromatic N) is 3. The van der Waals surface area contributed by atoms with Crippen molar-refractivity contribution in [1.29, 1.82) is 0 Å². The van der Waals surface area contributed by atoms with Crippen LogP contribution < -0.4 is 0 Å². The number of benzene rings is 1. The Morgan fingerprint density at radius 3 is 2.42 bits per heavy atom. The highest BCUT2D eigenvalue weighted by atomic mass is 16.6. The van der Waals surface area contributed by atoms with Gasteiger partial charge in [0.1, 0.15) is 6.54 Å². The molecule has 1 heterocycles. The maximum Gasteiger partial charge on any atom is 0.270 e. The molecule has 8 nitrogen and oxygen atoms in total. The van der Waals surface area contributed by atoms with Crippen LogP contribution in [-0.4, -0.2) is 52.1 Å². The fourth-order valence-corrected chi connectivity index (χ4v) is 3.62. The normalized spacial score (nSPS) is 22.3. The highest BCUT2D eigenvalue weighted by molar-refractivity contribution is 6.22. The van der Waals surface area contributed by atoms with E-state index in [2.05, 4.69) is 6.92 Å². The first-order chi connectivity index (χ1) is 12.3. The van der Waals surface area contributed by atoms with Crippen molar-refractivity contribution >= 4 is 23.4 Å². The molecule has 2 aliphatic rings. The molecule has 0 atom stereocenters. The molecule has 1 aliphatic carbocycles. The Hall–Kier alpha value is -2.77. The Kier molecular flexibility index (Phi) is 4.76. The van der Waals surface area contributed by atoms with Crippen molar-refractivity contribution in [3.8, 4) is 0 Å². The third kappa shape index (κ3) is 3.18. The van der Waals surface area contributed by atoms with Crippen LogP contribution in [-0.2, 0) is 4.79 Å². The van der Waals surface area contributed by atoms with E-state index in [1.807, 2.05) is 0 Å². The molecule has 1 aromatic rings. The van der Waals surface area contributed by atoms with Gasteiger partial charge in [0, 0.05) is 25.2 Å². The average Bonchev–Trinajstić information content (AvgIpc) is 2.86. The number of hydrogen-bond donors (Lipinski definition) is 0. The van der Waals surface area contributed by atoms with Gasteiger partial charge < -0.3 is 4.90 Å². The monoisotopic (exact) mass is 359 g/mol. The average molecular weight is 359 g/mol. The van der Waals surface area contributed by atoms with E-state index in [-0.39, 0.29) is 35.3 Å². The van der Waals surface area contributed by atoms with E-state index < -0.39 is 16.7 Å². The van der Waals surface area contributed by atoms with Crippen molar-refractivity contribution in [1.82, 2.24) is 9.80 Å². The molecule has 0 bridgehead atoms. The van der Waals surface area contributed by atoms with Crippen LogP contribution in [0.4, 0.5) is 5.69 Å². The predicted molar refractivity (Wildman–Crippen MR) is 92.7 cm³/mol. The Bertz CT molecular complexity index is 783. The Morgan fingerprint density at radius 1 is 1.19 bits per heavy atom. The summed E-state index contributed by atoms with van der Waals surface area (Å²) in [6.45, 7) is 1.85. The second kappa shape index (κ2) is 6.86. The smallest absolute Gasteiger partial charge is 0.270 e. The molecule has 0 aromatic heterocycles. The van der Waals surface area contributed by atoms with Crippen molar-refractivity contribution in [3.05, 3.63) is 39.4 Å². The second-order valence-electron chi connectivity index (χ2n) is 7.10. The van der Waals surface area contributed by atoms with E-state index >= 15 is 0 Å². The van der Waals surface area contributed by atoms with Gasteiger partial charge in [-0.15, -0.1) is 0 Å². The van der Waals surface area contributed by atoms with E-state index in [0.29, 0.717) is 5.92 Å². The summed E-state index contributed by atoms with van der Waals surface area (Å²) in [4.78, 5) is 50.2. The summed E-state index contributed by atoms with van der Waals surface area (Å²) >= 11 is 0. The zero-order chi connectivity index (χ0) is 19.0. The molecule has 138 valence electrons. The summed E-state index contributed by atoms with van der Waals surface area (Å²) in [5, 5.41) is 10.9. The highest BCUT2D eigenvalue weighted by Crippen LogP contribution is 2.28. The molecule has 3 amide bonds. The molecule has 1 aromatic carbocycles. The standard InChI is InChI=1S/C18H21N3O5/c1-11-3-5-12(6-4-11)19(2)16(22)10-20-17(23)14-8-7-13(21(25)26)9-15(14)18(20)24/h7-9,11-12H,3-6,10H2,1-2H3. The van der Waals surface area contributed by atoms with Crippen molar-refractivity contribution < 1.29 is 19.3 Å². The molecule has 1 aliphatic heterocycles. The summed E-state index contributed by atoms with van der Waals surface area (Å²) in [5.74, 6) is -0.887. The van der Waals surface area contributed by atoms with Crippen molar-refractivity contribution in [2.75, 3.05) is 13.6 Å². The predicted octanol–water partition coefficient (Wildman–Crippen LogP) is 2.23. The second-order valence-corrected chi connectivity index (χ2v) is 7.10. The van der Waals surface area contributed by atoms with Gasteiger partial charge in [0.05, 0.1) is 16.1 Å². The van der Waals surface area contributed by atoms with Gasteiger partial charge in [-0.1, -0.05) is 6.92 Å². The van der Waals surface area contributed by atoms with Crippen LogP contribution in [0.25, 0.3) is 0 Å². The molecule has 0 radical (unpaired) electrons. The number of nitro groups is 1. The van der Waals surface area contributed by atoms with Crippen LogP contribution in [0.1, 0.15) is 53.3 Å². The molecule has 0 spiro atoms. The lowest BCUT2D eigenvalue weighted by Gasteiger charge is -2.34. The number of hydrogen-bond acceptors (Lipinski definition) is 5. The van der Waals surface area contributed by atoms with E-state index in [0.717, 1.165) is 36.6 Å². The van der Waals surface area contributed by atoms with E-state index in [1.54, 1.807) is 11.9 Å². The number of likely N-dealkylation sites (N-methyl/N-ethyl adjacent to an activating group) is 1. The fraction of sp³-hybridized carbons (Fsp3) is 0.500. The molecule has 0 saturated heterocycles. The van der Waals surface area contributed by atoms with Crippen LogP contribution in [0.5, 0.6) is 0 Å². The summed E-state index contributed by atoms with van der Waals surface area (Å²) in [7, 11) is 1.70. The largest absolute Gasteiger partial charge is 0.341 e. The van der Waals surface area contributed by atoms with Gasteiger partial charge in [-0.25, -0.2) is 0 Å². The number of fused-ring (bicyclic) bond motifs is 1. The van der Waals surface area contributed by atoms with E-state index in [1.165, 1.54) is 12.1 Å². The lowest BCUT2D eigenvalue weighted by atomic mass is 9.87. The van der Waals surface area contributed by atoms with Crippen LogP contribution in [0.15, 0.2) is 18.2 Å². The number of rotatable bonds is 4. The topological polar surface area (TPSA) is 101 Å². The SMILES string of the molecule is CC1CCC(N(C)C(=O)CN2C(=O)c3ccc([N+](=O)[O-])cc3C2=O)CC1. The first-order valence-corrected chi connectivity index (χ1v) is 8.70. The number of non-ortho nitro benzene ring substituents is 1. The number of carbonyl (C=O) groups excluding carboxylic acids is 3. The summed E-state index contributed by atoms with van der Waals surface area (Å²) in [5.41, 5.74) is -0.180. The van der Waals surface area contributed by atoms with Gasteiger partial charge in [0.2, 0.25) is 5.91 Å². The molecule has 8 heteroatoms. The maximum absolute atomic E-state index is 12.6. The fourth-order valence-electron chi connectivity index (χ4n) is 3.62. The first kappa shape index (κ1) is 18.0. The molecular formula is C18H21N3O5. The maximum atomic E-state index is 12.6. The quantitative estimate of drug-likeness (QED) is 0.466. The Balaban J connectivity index is 1.72. The zero-order valence-electron chi connectivity index (χ0n) is 14.8. The Morgan fingerprint density at radius 2 is 1.81 bits per heavy atom. The van der Waals surface area contributed by atoms with Crippen LogP contribution in [0, 0.1) is 16.0 Å². The molecule has 0 N–H and O–H groups in total. The number of carbonyl (C=O) groups is 3. The van der Waals surface area contributed by atoms with Gasteiger partial charge in [0.15, 0.2) is 0 Å². The van der Waals surface area contributed by atoms with Crippen molar-refractivity contribution in [2.24, 2.45) is 5.92 Å². The number of nitro benzene ring substituents is 1. The zero-order valence-corrected chi connectivity index (χ0v) is 14.8.